The number of amides is 2. The topological polar surface area (TPSA) is 79.4 Å². The minimum atomic E-state index is 0.0326. The number of aromatic nitrogens is 2. The SMILES string of the molecule is O=C(NCCNc1ncccn1)N(C[C@H]1CCOC1)C1CC1. The van der Waals surface area contributed by atoms with E-state index in [4.69, 9.17) is 4.74 Å². The highest BCUT2D eigenvalue weighted by Gasteiger charge is 2.34. The summed E-state index contributed by atoms with van der Waals surface area (Å²) in [6.07, 6.45) is 6.68. The number of carbonyl (C=O) groups excluding carboxylic acids is 1. The number of hydrogen-bond acceptors (Lipinski definition) is 5. The zero-order valence-electron chi connectivity index (χ0n) is 12.7. The zero-order valence-corrected chi connectivity index (χ0v) is 12.7. The minimum absolute atomic E-state index is 0.0326. The number of carbonyl (C=O) groups is 1. The first-order chi connectivity index (χ1) is 10.8. The van der Waals surface area contributed by atoms with Gasteiger partial charge < -0.3 is 20.3 Å². The molecule has 0 radical (unpaired) electrons. The van der Waals surface area contributed by atoms with Gasteiger partial charge in [0.05, 0.1) is 6.61 Å². The van der Waals surface area contributed by atoms with Crippen molar-refractivity contribution in [2.75, 3.05) is 38.2 Å². The van der Waals surface area contributed by atoms with Gasteiger partial charge in [-0.3, -0.25) is 0 Å². The van der Waals surface area contributed by atoms with Gasteiger partial charge in [0, 0.05) is 50.6 Å². The Kier molecular flexibility index (Phi) is 5.05. The molecular formula is C15H23N5O2. The van der Waals surface area contributed by atoms with Gasteiger partial charge in [-0.05, 0) is 25.3 Å². The second-order valence-corrected chi connectivity index (χ2v) is 5.84. The summed E-state index contributed by atoms with van der Waals surface area (Å²) in [4.78, 5) is 22.5. The molecule has 7 nitrogen and oxygen atoms in total. The van der Waals surface area contributed by atoms with Crippen LogP contribution in [0.15, 0.2) is 18.5 Å². The van der Waals surface area contributed by atoms with Crippen molar-refractivity contribution in [2.45, 2.75) is 25.3 Å². The quantitative estimate of drug-likeness (QED) is 0.738. The fourth-order valence-corrected chi connectivity index (χ4v) is 2.63. The maximum Gasteiger partial charge on any atom is 0.317 e. The van der Waals surface area contributed by atoms with Crippen LogP contribution < -0.4 is 10.6 Å². The van der Waals surface area contributed by atoms with Gasteiger partial charge in [-0.25, -0.2) is 14.8 Å². The molecule has 3 rings (SSSR count). The van der Waals surface area contributed by atoms with Gasteiger partial charge in [-0.2, -0.15) is 0 Å². The number of nitrogens with one attached hydrogen (secondary N) is 2. The first kappa shape index (κ1) is 15.0. The second-order valence-electron chi connectivity index (χ2n) is 5.84. The van der Waals surface area contributed by atoms with Gasteiger partial charge in [0.2, 0.25) is 5.95 Å². The van der Waals surface area contributed by atoms with Gasteiger partial charge >= 0.3 is 6.03 Å². The van der Waals surface area contributed by atoms with Gasteiger partial charge in [0.15, 0.2) is 0 Å². The van der Waals surface area contributed by atoms with Crippen LogP contribution >= 0.6 is 0 Å². The van der Waals surface area contributed by atoms with E-state index in [1.807, 2.05) is 4.90 Å². The monoisotopic (exact) mass is 305 g/mol. The van der Waals surface area contributed by atoms with Crippen molar-refractivity contribution in [3.8, 4) is 0 Å². The summed E-state index contributed by atoms with van der Waals surface area (Å²) >= 11 is 0. The number of rotatable bonds is 7. The largest absolute Gasteiger partial charge is 0.381 e. The highest BCUT2D eigenvalue weighted by molar-refractivity contribution is 5.75. The first-order valence-electron chi connectivity index (χ1n) is 7.96. The van der Waals surface area contributed by atoms with Crippen LogP contribution in [0.4, 0.5) is 10.7 Å². The van der Waals surface area contributed by atoms with E-state index in [1.165, 1.54) is 0 Å². The molecule has 1 aromatic rings. The highest BCUT2D eigenvalue weighted by atomic mass is 16.5. The van der Waals surface area contributed by atoms with E-state index in [9.17, 15) is 4.79 Å². The van der Waals surface area contributed by atoms with Crippen molar-refractivity contribution >= 4 is 12.0 Å². The summed E-state index contributed by atoms with van der Waals surface area (Å²) in [7, 11) is 0. The third-order valence-electron chi connectivity index (χ3n) is 3.98. The molecule has 1 atom stereocenters. The predicted molar refractivity (Wildman–Crippen MR) is 82.6 cm³/mol. The molecule has 2 aliphatic rings. The molecule has 0 aromatic carbocycles. The standard InChI is InChI=1S/C15H23N5O2/c21-15(19-8-7-18-14-16-5-1-6-17-14)20(13-2-3-13)10-12-4-9-22-11-12/h1,5-6,12-13H,2-4,7-11H2,(H,19,21)(H,16,17,18)/t12-/m1/s1. The summed E-state index contributed by atoms with van der Waals surface area (Å²) in [5.74, 6) is 1.07. The van der Waals surface area contributed by atoms with Gasteiger partial charge in [0.1, 0.15) is 0 Å². The molecule has 1 aliphatic carbocycles. The Morgan fingerprint density at radius 3 is 2.77 bits per heavy atom. The Bertz CT molecular complexity index is 474. The normalized spacial score (nSPS) is 20.6. The molecule has 2 amide bonds. The van der Waals surface area contributed by atoms with E-state index in [2.05, 4.69) is 20.6 Å². The fraction of sp³-hybridized carbons (Fsp3) is 0.667. The predicted octanol–water partition coefficient (Wildman–Crippen LogP) is 1.10. The van der Waals surface area contributed by atoms with Crippen LogP contribution in [0.3, 0.4) is 0 Å². The number of urea groups is 1. The maximum absolute atomic E-state index is 12.3. The van der Waals surface area contributed by atoms with Gasteiger partial charge in [-0.1, -0.05) is 0 Å². The average molecular weight is 305 g/mol. The Morgan fingerprint density at radius 2 is 2.09 bits per heavy atom. The van der Waals surface area contributed by atoms with Crippen molar-refractivity contribution in [2.24, 2.45) is 5.92 Å². The molecule has 0 unspecified atom stereocenters. The van der Waals surface area contributed by atoms with Crippen LogP contribution in [0.1, 0.15) is 19.3 Å². The number of anilines is 1. The zero-order chi connectivity index (χ0) is 15.2. The second kappa shape index (κ2) is 7.40. The molecule has 0 spiro atoms. The van der Waals surface area contributed by atoms with E-state index in [1.54, 1.807) is 18.5 Å². The van der Waals surface area contributed by atoms with Crippen LogP contribution in [0.5, 0.6) is 0 Å². The summed E-state index contributed by atoms with van der Waals surface area (Å²) < 4.78 is 5.40. The third kappa shape index (κ3) is 4.30. The van der Waals surface area contributed by atoms with Crippen LogP contribution in [0.2, 0.25) is 0 Å². The van der Waals surface area contributed by atoms with Crippen LogP contribution in [0.25, 0.3) is 0 Å². The molecule has 2 N–H and O–H groups in total. The third-order valence-corrected chi connectivity index (χ3v) is 3.98. The minimum Gasteiger partial charge on any atom is -0.381 e. The molecule has 1 saturated carbocycles. The van der Waals surface area contributed by atoms with E-state index < -0.39 is 0 Å². The Morgan fingerprint density at radius 1 is 1.27 bits per heavy atom. The summed E-state index contributed by atoms with van der Waals surface area (Å²) in [6, 6.07) is 2.23. The van der Waals surface area contributed by atoms with E-state index in [-0.39, 0.29) is 6.03 Å². The first-order valence-corrected chi connectivity index (χ1v) is 7.96. The molecular weight excluding hydrogens is 282 g/mol. The molecule has 1 aromatic heterocycles. The molecule has 1 aliphatic heterocycles. The molecule has 22 heavy (non-hydrogen) atoms. The summed E-state index contributed by atoms with van der Waals surface area (Å²) in [5.41, 5.74) is 0. The fourth-order valence-electron chi connectivity index (χ4n) is 2.63. The lowest BCUT2D eigenvalue weighted by molar-refractivity contribution is 0.162. The van der Waals surface area contributed by atoms with Crippen LogP contribution in [-0.4, -0.2) is 59.8 Å². The highest BCUT2D eigenvalue weighted by Crippen LogP contribution is 2.28. The molecule has 2 fully saturated rings. The lowest BCUT2D eigenvalue weighted by Crippen LogP contribution is -2.45. The Hall–Kier alpha value is -1.89. The molecule has 2 heterocycles. The van der Waals surface area contributed by atoms with Gasteiger partial charge in [-0.15, -0.1) is 0 Å². The number of nitrogens with zero attached hydrogens (tertiary/aromatic N) is 3. The number of hydrogen-bond donors (Lipinski definition) is 2. The van der Waals surface area contributed by atoms with Crippen molar-refractivity contribution in [3.05, 3.63) is 18.5 Å². The number of ether oxygens (including phenoxy) is 1. The Balaban J connectivity index is 1.39. The molecule has 7 heteroatoms. The van der Waals surface area contributed by atoms with Crippen molar-refractivity contribution < 1.29 is 9.53 Å². The average Bonchev–Trinajstić information content (AvgIpc) is 3.26. The van der Waals surface area contributed by atoms with Gasteiger partial charge in [0.25, 0.3) is 0 Å². The lowest BCUT2D eigenvalue weighted by Gasteiger charge is -2.25. The van der Waals surface area contributed by atoms with E-state index >= 15 is 0 Å². The lowest BCUT2D eigenvalue weighted by atomic mass is 10.1. The molecule has 120 valence electrons. The summed E-state index contributed by atoms with van der Waals surface area (Å²) in [6.45, 7) is 3.59. The maximum atomic E-state index is 12.3. The van der Waals surface area contributed by atoms with Crippen LogP contribution in [-0.2, 0) is 4.74 Å². The molecule has 1 saturated heterocycles. The molecule has 0 bridgehead atoms. The van der Waals surface area contributed by atoms with Crippen molar-refractivity contribution in [1.29, 1.82) is 0 Å². The smallest absolute Gasteiger partial charge is 0.317 e. The Labute approximate surface area is 130 Å². The summed E-state index contributed by atoms with van der Waals surface area (Å²) in [5, 5.41) is 6.06. The van der Waals surface area contributed by atoms with E-state index in [0.717, 1.165) is 39.0 Å². The van der Waals surface area contributed by atoms with Crippen molar-refractivity contribution in [3.63, 3.8) is 0 Å². The van der Waals surface area contributed by atoms with Crippen molar-refractivity contribution in [1.82, 2.24) is 20.2 Å². The van der Waals surface area contributed by atoms with Crippen LogP contribution in [0, 0.1) is 5.92 Å². The van der Waals surface area contributed by atoms with E-state index in [0.29, 0.717) is 31.0 Å².